The third-order valence-electron chi connectivity index (χ3n) is 4.17. The predicted octanol–water partition coefficient (Wildman–Crippen LogP) is 4.17. The maximum atomic E-state index is 12.9. The Morgan fingerprint density at radius 3 is 2.22 bits per heavy atom. The van der Waals surface area contributed by atoms with E-state index in [2.05, 4.69) is 5.10 Å². The van der Waals surface area contributed by atoms with Crippen molar-refractivity contribution in [3.05, 3.63) is 52.6 Å². The van der Waals surface area contributed by atoms with Gasteiger partial charge in [0.2, 0.25) is 5.75 Å². The lowest BCUT2D eigenvalue weighted by molar-refractivity contribution is -0.114. The van der Waals surface area contributed by atoms with Gasteiger partial charge in [0.15, 0.2) is 11.5 Å². The van der Waals surface area contributed by atoms with E-state index in [4.69, 9.17) is 25.8 Å². The first kappa shape index (κ1) is 18.8. The van der Waals surface area contributed by atoms with Gasteiger partial charge in [0, 0.05) is 10.6 Å². The number of rotatable bonds is 5. The highest BCUT2D eigenvalue weighted by atomic mass is 35.5. The molecule has 0 fully saturated rings. The molecule has 1 aliphatic heterocycles. The topological polar surface area (TPSA) is 60.4 Å². The van der Waals surface area contributed by atoms with Crippen LogP contribution in [0.1, 0.15) is 12.5 Å². The van der Waals surface area contributed by atoms with Gasteiger partial charge in [-0.1, -0.05) is 11.6 Å². The summed E-state index contributed by atoms with van der Waals surface area (Å²) in [4.78, 5) is 12.9. The molecule has 0 atom stereocenters. The summed E-state index contributed by atoms with van der Waals surface area (Å²) in [5.74, 6) is 1.26. The highest BCUT2D eigenvalue weighted by Gasteiger charge is 2.29. The minimum absolute atomic E-state index is 0.230. The molecular formula is C20H19ClN2O4. The predicted molar refractivity (Wildman–Crippen MR) is 106 cm³/mol. The van der Waals surface area contributed by atoms with Crippen molar-refractivity contribution in [1.29, 1.82) is 0 Å². The molecule has 0 aromatic heterocycles. The summed E-state index contributed by atoms with van der Waals surface area (Å²) in [5, 5.41) is 6.32. The molecular weight excluding hydrogens is 368 g/mol. The summed E-state index contributed by atoms with van der Waals surface area (Å²) in [6, 6.07) is 10.5. The molecule has 1 aliphatic rings. The zero-order valence-corrected chi connectivity index (χ0v) is 16.2. The van der Waals surface area contributed by atoms with Crippen molar-refractivity contribution in [1.82, 2.24) is 0 Å². The van der Waals surface area contributed by atoms with Gasteiger partial charge in [-0.25, -0.2) is 0 Å². The lowest BCUT2D eigenvalue weighted by Crippen LogP contribution is -2.21. The quantitative estimate of drug-likeness (QED) is 0.723. The van der Waals surface area contributed by atoms with Crippen LogP contribution in [0.15, 0.2) is 47.1 Å². The van der Waals surface area contributed by atoms with Crippen LogP contribution in [-0.2, 0) is 4.79 Å². The van der Waals surface area contributed by atoms with Gasteiger partial charge < -0.3 is 14.2 Å². The standard InChI is InChI=1S/C20H19ClN2O4/c1-12-16(20(24)23(22-12)15-8-6-14(21)7-9-15)11-13-5-10-17(25-2)19(27-4)18(13)26-3/h5-11H,1-4H3/b16-11+. The number of hydrogen-bond donors (Lipinski definition) is 0. The molecule has 0 spiro atoms. The van der Waals surface area contributed by atoms with Crippen LogP contribution in [0.4, 0.5) is 5.69 Å². The van der Waals surface area contributed by atoms with Gasteiger partial charge in [-0.3, -0.25) is 4.79 Å². The van der Waals surface area contributed by atoms with E-state index in [1.807, 2.05) is 0 Å². The molecule has 2 aromatic carbocycles. The van der Waals surface area contributed by atoms with E-state index in [9.17, 15) is 4.79 Å². The second-order valence-electron chi connectivity index (χ2n) is 5.76. The molecule has 3 rings (SSSR count). The molecule has 0 unspecified atom stereocenters. The minimum atomic E-state index is -0.230. The highest BCUT2D eigenvalue weighted by Crippen LogP contribution is 2.41. The van der Waals surface area contributed by atoms with Crippen LogP contribution in [0.2, 0.25) is 5.02 Å². The van der Waals surface area contributed by atoms with Gasteiger partial charge in [-0.15, -0.1) is 0 Å². The SMILES string of the molecule is COc1ccc(/C=C2/C(=O)N(c3ccc(Cl)cc3)N=C2C)c(OC)c1OC. The van der Waals surface area contributed by atoms with Crippen LogP contribution < -0.4 is 19.2 Å². The molecule has 140 valence electrons. The number of halogens is 1. The third kappa shape index (κ3) is 3.48. The van der Waals surface area contributed by atoms with E-state index < -0.39 is 0 Å². The van der Waals surface area contributed by atoms with Crippen LogP contribution in [0, 0.1) is 0 Å². The molecule has 0 saturated heterocycles. The molecule has 0 N–H and O–H groups in total. The van der Waals surface area contributed by atoms with Gasteiger partial charge in [0.25, 0.3) is 5.91 Å². The van der Waals surface area contributed by atoms with Crippen molar-refractivity contribution >= 4 is 35.0 Å². The van der Waals surface area contributed by atoms with E-state index in [0.717, 1.165) is 0 Å². The smallest absolute Gasteiger partial charge is 0.280 e. The van der Waals surface area contributed by atoms with Crippen molar-refractivity contribution in [2.75, 3.05) is 26.3 Å². The average molecular weight is 387 g/mol. The Bertz CT molecular complexity index is 936. The van der Waals surface area contributed by atoms with Crippen LogP contribution in [0.25, 0.3) is 6.08 Å². The Morgan fingerprint density at radius 1 is 0.963 bits per heavy atom. The van der Waals surface area contributed by atoms with Crippen molar-refractivity contribution in [2.45, 2.75) is 6.92 Å². The Balaban J connectivity index is 2.02. The first-order valence-corrected chi connectivity index (χ1v) is 8.54. The van der Waals surface area contributed by atoms with Crippen LogP contribution in [0.5, 0.6) is 17.2 Å². The molecule has 0 bridgehead atoms. The number of carbonyl (C=O) groups excluding carboxylic acids is 1. The van der Waals surface area contributed by atoms with Crippen LogP contribution in [0.3, 0.4) is 0 Å². The van der Waals surface area contributed by atoms with E-state index in [1.165, 1.54) is 19.2 Å². The summed E-state index contributed by atoms with van der Waals surface area (Å²) in [5.41, 5.74) is 2.40. The van der Waals surface area contributed by atoms with E-state index in [-0.39, 0.29) is 5.91 Å². The molecule has 0 radical (unpaired) electrons. The number of hydrazone groups is 1. The van der Waals surface area contributed by atoms with Crippen molar-refractivity contribution in [2.24, 2.45) is 5.10 Å². The number of carbonyl (C=O) groups is 1. The second-order valence-corrected chi connectivity index (χ2v) is 6.20. The van der Waals surface area contributed by atoms with Gasteiger partial charge in [0.05, 0.1) is 38.3 Å². The number of benzene rings is 2. The zero-order chi connectivity index (χ0) is 19.6. The minimum Gasteiger partial charge on any atom is -0.493 e. The summed E-state index contributed by atoms with van der Waals surface area (Å²) in [6.07, 6.45) is 1.73. The summed E-state index contributed by atoms with van der Waals surface area (Å²) < 4.78 is 16.2. The average Bonchev–Trinajstić information content (AvgIpc) is 2.96. The molecule has 6 nitrogen and oxygen atoms in total. The van der Waals surface area contributed by atoms with Crippen LogP contribution >= 0.6 is 11.6 Å². The summed E-state index contributed by atoms with van der Waals surface area (Å²) >= 11 is 5.92. The number of amides is 1. The molecule has 2 aromatic rings. The zero-order valence-electron chi connectivity index (χ0n) is 15.4. The molecule has 1 heterocycles. The second kappa shape index (κ2) is 7.72. The van der Waals surface area contributed by atoms with Crippen LogP contribution in [-0.4, -0.2) is 32.9 Å². The highest BCUT2D eigenvalue weighted by molar-refractivity contribution is 6.32. The Kier molecular flexibility index (Phi) is 5.37. The monoisotopic (exact) mass is 386 g/mol. The number of methoxy groups -OCH3 is 3. The fraction of sp³-hybridized carbons (Fsp3) is 0.200. The fourth-order valence-electron chi connectivity index (χ4n) is 2.84. The largest absolute Gasteiger partial charge is 0.493 e. The lowest BCUT2D eigenvalue weighted by atomic mass is 10.1. The van der Waals surface area contributed by atoms with Gasteiger partial charge in [-0.05, 0) is 49.4 Å². The number of nitrogens with zero attached hydrogens (tertiary/aromatic N) is 2. The van der Waals surface area contributed by atoms with Gasteiger partial charge in [-0.2, -0.15) is 10.1 Å². The summed E-state index contributed by atoms with van der Waals surface area (Å²) in [6.45, 7) is 1.78. The molecule has 1 amide bonds. The van der Waals surface area contributed by atoms with E-state index in [1.54, 1.807) is 56.5 Å². The van der Waals surface area contributed by atoms with Crippen molar-refractivity contribution in [3.63, 3.8) is 0 Å². The van der Waals surface area contributed by atoms with Gasteiger partial charge >= 0.3 is 0 Å². The molecule has 27 heavy (non-hydrogen) atoms. The Labute approximate surface area is 162 Å². The van der Waals surface area contributed by atoms with E-state index in [0.29, 0.717) is 44.8 Å². The maximum absolute atomic E-state index is 12.9. The Hall–Kier alpha value is -2.99. The van der Waals surface area contributed by atoms with E-state index >= 15 is 0 Å². The fourth-order valence-corrected chi connectivity index (χ4v) is 2.96. The first-order chi connectivity index (χ1) is 13.0. The molecule has 7 heteroatoms. The lowest BCUT2D eigenvalue weighted by Gasteiger charge is -2.14. The van der Waals surface area contributed by atoms with Crippen molar-refractivity contribution < 1.29 is 19.0 Å². The number of anilines is 1. The van der Waals surface area contributed by atoms with Gasteiger partial charge in [0.1, 0.15) is 0 Å². The number of hydrogen-bond acceptors (Lipinski definition) is 5. The molecule has 0 aliphatic carbocycles. The number of ether oxygens (including phenoxy) is 3. The summed E-state index contributed by atoms with van der Waals surface area (Å²) in [7, 11) is 4.63. The van der Waals surface area contributed by atoms with Crippen molar-refractivity contribution in [3.8, 4) is 17.2 Å². The first-order valence-electron chi connectivity index (χ1n) is 8.16. The maximum Gasteiger partial charge on any atom is 0.280 e. The third-order valence-corrected chi connectivity index (χ3v) is 4.42. The Morgan fingerprint density at radius 2 is 1.63 bits per heavy atom. The molecule has 0 saturated carbocycles. The normalized spacial score (nSPS) is 15.1.